The molecule has 0 aliphatic carbocycles. The first-order chi connectivity index (χ1) is 14.7. The highest BCUT2D eigenvalue weighted by atomic mass is 16.5. The third-order valence-corrected chi connectivity index (χ3v) is 5.33. The van der Waals surface area contributed by atoms with Gasteiger partial charge in [0.1, 0.15) is 0 Å². The number of anilines is 1. The lowest BCUT2D eigenvalue weighted by atomic mass is 10.1. The molecule has 1 aromatic carbocycles. The molecule has 0 aliphatic heterocycles. The van der Waals surface area contributed by atoms with Crippen LogP contribution in [0.2, 0.25) is 0 Å². The number of rotatable bonds is 18. The van der Waals surface area contributed by atoms with Crippen molar-refractivity contribution < 1.29 is 14.3 Å². The van der Waals surface area contributed by atoms with E-state index in [0.717, 1.165) is 18.5 Å². The molecule has 0 bridgehead atoms. The fourth-order valence-corrected chi connectivity index (χ4v) is 3.49. The van der Waals surface area contributed by atoms with Crippen LogP contribution in [0, 0.1) is 0 Å². The Morgan fingerprint density at radius 3 is 1.97 bits per heavy atom. The Balaban J connectivity index is 1.99. The summed E-state index contributed by atoms with van der Waals surface area (Å²) < 4.78 is 10.5. The minimum Gasteiger partial charge on any atom is -0.493 e. The molecule has 0 aromatic heterocycles. The number of hydrogen-bond donors (Lipinski definition) is 1. The standard InChI is InChI=1S/C26H43NO3/c1-4-5-6-7-8-9-10-11-12-13-14-15-16-17-18-19-26(28)27-23-20-21-24(29-2)25(22-23)30-3/h11-12,20-22H,4-10,13-19H2,1-3H3,(H,27,28)/b12-11-. The van der Waals surface area contributed by atoms with E-state index in [0.29, 0.717) is 17.9 Å². The number of allylic oxidation sites excluding steroid dienone is 2. The Morgan fingerprint density at radius 2 is 1.37 bits per heavy atom. The van der Waals surface area contributed by atoms with Crippen molar-refractivity contribution >= 4 is 11.6 Å². The SMILES string of the molecule is CCCCCCCC/C=C\CCCCCCCC(=O)Nc1ccc(OC)c(OC)c1. The van der Waals surface area contributed by atoms with Crippen molar-refractivity contribution in [1.29, 1.82) is 0 Å². The van der Waals surface area contributed by atoms with Gasteiger partial charge in [-0.05, 0) is 44.2 Å². The number of carbonyl (C=O) groups is 1. The minimum atomic E-state index is 0.0554. The molecule has 0 saturated carbocycles. The summed E-state index contributed by atoms with van der Waals surface area (Å²) in [5.41, 5.74) is 0.741. The Bertz CT molecular complexity index is 598. The molecule has 0 radical (unpaired) electrons. The van der Waals surface area contributed by atoms with Crippen molar-refractivity contribution in [1.82, 2.24) is 0 Å². The third-order valence-electron chi connectivity index (χ3n) is 5.33. The van der Waals surface area contributed by atoms with Crippen molar-refractivity contribution in [2.45, 2.75) is 96.8 Å². The van der Waals surface area contributed by atoms with Crippen LogP contribution in [0.5, 0.6) is 11.5 Å². The smallest absolute Gasteiger partial charge is 0.224 e. The van der Waals surface area contributed by atoms with E-state index < -0.39 is 0 Å². The molecule has 1 aromatic rings. The summed E-state index contributed by atoms with van der Waals surface area (Å²) in [6.07, 6.45) is 21.7. The van der Waals surface area contributed by atoms with Gasteiger partial charge in [-0.1, -0.05) is 70.4 Å². The monoisotopic (exact) mass is 417 g/mol. The van der Waals surface area contributed by atoms with Crippen LogP contribution in [0.15, 0.2) is 30.4 Å². The van der Waals surface area contributed by atoms with Crippen LogP contribution in [0.1, 0.15) is 96.8 Å². The summed E-state index contributed by atoms with van der Waals surface area (Å²) in [5, 5.41) is 2.93. The Morgan fingerprint density at radius 1 is 0.800 bits per heavy atom. The lowest BCUT2D eigenvalue weighted by molar-refractivity contribution is -0.116. The Labute approximate surface area is 184 Å². The van der Waals surface area contributed by atoms with E-state index in [4.69, 9.17) is 9.47 Å². The maximum Gasteiger partial charge on any atom is 0.224 e. The zero-order chi connectivity index (χ0) is 21.9. The molecule has 0 heterocycles. The maximum atomic E-state index is 12.1. The highest BCUT2D eigenvalue weighted by molar-refractivity contribution is 5.91. The minimum absolute atomic E-state index is 0.0554. The van der Waals surface area contributed by atoms with Gasteiger partial charge in [0.05, 0.1) is 14.2 Å². The predicted octanol–water partition coefficient (Wildman–Crippen LogP) is 7.68. The van der Waals surface area contributed by atoms with Gasteiger partial charge in [0.25, 0.3) is 0 Å². The molecule has 0 fully saturated rings. The summed E-state index contributed by atoms with van der Waals surface area (Å²) in [6, 6.07) is 5.42. The summed E-state index contributed by atoms with van der Waals surface area (Å²) in [4.78, 5) is 12.1. The van der Waals surface area contributed by atoms with Crippen molar-refractivity contribution in [2.75, 3.05) is 19.5 Å². The summed E-state index contributed by atoms with van der Waals surface area (Å²) >= 11 is 0. The van der Waals surface area contributed by atoms with Gasteiger partial charge in [0.15, 0.2) is 11.5 Å². The zero-order valence-electron chi connectivity index (χ0n) is 19.5. The van der Waals surface area contributed by atoms with E-state index in [2.05, 4.69) is 24.4 Å². The molecule has 0 aliphatic rings. The first-order valence-corrected chi connectivity index (χ1v) is 11.9. The number of unbranched alkanes of at least 4 members (excludes halogenated alkanes) is 11. The number of methoxy groups -OCH3 is 2. The van der Waals surface area contributed by atoms with Crippen LogP contribution >= 0.6 is 0 Å². The largest absolute Gasteiger partial charge is 0.493 e. The van der Waals surface area contributed by atoms with Gasteiger partial charge < -0.3 is 14.8 Å². The average molecular weight is 418 g/mol. The molecule has 1 amide bonds. The van der Waals surface area contributed by atoms with E-state index >= 15 is 0 Å². The topological polar surface area (TPSA) is 47.6 Å². The first kappa shape index (κ1) is 26.1. The molecule has 4 heteroatoms. The van der Waals surface area contributed by atoms with Crippen LogP contribution in [0.3, 0.4) is 0 Å². The van der Waals surface area contributed by atoms with E-state index in [-0.39, 0.29) is 5.91 Å². The number of carbonyl (C=O) groups excluding carboxylic acids is 1. The zero-order valence-corrected chi connectivity index (χ0v) is 19.5. The molecule has 0 spiro atoms. The Kier molecular flexibility index (Phi) is 15.5. The summed E-state index contributed by atoms with van der Waals surface area (Å²) in [5.74, 6) is 1.34. The van der Waals surface area contributed by atoms with E-state index in [9.17, 15) is 4.79 Å². The van der Waals surface area contributed by atoms with Crippen molar-refractivity contribution in [3.63, 3.8) is 0 Å². The second kappa shape index (κ2) is 17.9. The fourth-order valence-electron chi connectivity index (χ4n) is 3.49. The van der Waals surface area contributed by atoms with Crippen molar-refractivity contribution in [3.8, 4) is 11.5 Å². The van der Waals surface area contributed by atoms with Gasteiger partial charge in [-0.2, -0.15) is 0 Å². The second-order valence-electron chi connectivity index (χ2n) is 7.95. The first-order valence-electron chi connectivity index (χ1n) is 11.9. The van der Waals surface area contributed by atoms with Crippen molar-refractivity contribution in [2.24, 2.45) is 0 Å². The quantitative estimate of drug-likeness (QED) is 0.197. The lowest BCUT2D eigenvalue weighted by Gasteiger charge is -2.10. The molecule has 30 heavy (non-hydrogen) atoms. The van der Waals surface area contributed by atoms with Gasteiger partial charge in [-0.15, -0.1) is 0 Å². The van der Waals surface area contributed by atoms with Gasteiger partial charge in [-0.3, -0.25) is 4.79 Å². The normalized spacial score (nSPS) is 11.0. The van der Waals surface area contributed by atoms with Gasteiger partial charge in [0.2, 0.25) is 5.91 Å². The molecule has 0 atom stereocenters. The number of amides is 1. The van der Waals surface area contributed by atoms with Crippen molar-refractivity contribution in [3.05, 3.63) is 30.4 Å². The molecule has 1 N–H and O–H groups in total. The van der Waals surface area contributed by atoms with Crippen LogP contribution in [-0.4, -0.2) is 20.1 Å². The number of ether oxygens (including phenoxy) is 2. The van der Waals surface area contributed by atoms with E-state index in [1.165, 1.54) is 70.6 Å². The Hall–Kier alpha value is -1.97. The van der Waals surface area contributed by atoms with Gasteiger partial charge >= 0.3 is 0 Å². The molecule has 170 valence electrons. The van der Waals surface area contributed by atoms with Gasteiger partial charge in [-0.25, -0.2) is 0 Å². The van der Waals surface area contributed by atoms with Gasteiger partial charge in [0, 0.05) is 18.2 Å². The number of hydrogen-bond acceptors (Lipinski definition) is 3. The average Bonchev–Trinajstić information content (AvgIpc) is 2.76. The summed E-state index contributed by atoms with van der Waals surface area (Å²) in [6.45, 7) is 2.27. The molecule has 0 unspecified atom stereocenters. The van der Waals surface area contributed by atoms with E-state index in [1.807, 2.05) is 6.07 Å². The fraction of sp³-hybridized carbons (Fsp3) is 0.654. The highest BCUT2D eigenvalue weighted by Crippen LogP contribution is 2.29. The maximum absolute atomic E-state index is 12.1. The van der Waals surface area contributed by atoms with Crippen LogP contribution in [0.4, 0.5) is 5.69 Å². The summed E-state index contributed by atoms with van der Waals surface area (Å²) in [7, 11) is 3.19. The third kappa shape index (κ3) is 12.6. The molecule has 1 rings (SSSR count). The molecular formula is C26H43NO3. The van der Waals surface area contributed by atoms with Crippen LogP contribution < -0.4 is 14.8 Å². The predicted molar refractivity (Wildman–Crippen MR) is 128 cm³/mol. The van der Waals surface area contributed by atoms with Crippen LogP contribution in [-0.2, 0) is 4.79 Å². The molecular weight excluding hydrogens is 374 g/mol. The lowest BCUT2D eigenvalue weighted by Crippen LogP contribution is -2.11. The molecule has 0 saturated heterocycles. The number of nitrogens with one attached hydrogen (secondary N) is 1. The number of benzene rings is 1. The van der Waals surface area contributed by atoms with Crippen LogP contribution in [0.25, 0.3) is 0 Å². The highest BCUT2D eigenvalue weighted by Gasteiger charge is 2.07. The van der Waals surface area contributed by atoms with E-state index in [1.54, 1.807) is 26.4 Å². The second-order valence-corrected chi connectivity index (χ2v) is 7.95. The molecule has 4 nitrogen and oxygen atoms in total.